The quantitative estimate of drug-likeness (QED) is 0.0866. The molecule has 0 fully saturated rings. The molecule has 11 heteroatoms. The first-order chi connectivity index (χ1) is 21.2. The van der Waals surface area contributed by atoms with Crippen molar-refractivity contribution in [1.29, 1.82) is 0 Å². The zero-order valence-corrected chi connectivity index (χ0v) is 22.6. The lowest BCUT2D eigenvalue weighted by Crippen LogP contribution is -2.29. The smallest absolute Gasteiger partial charge is 0.254 e. The van der Waals surface area contributed by atoms with Crippen molar-refractivity contribution in [2.24, 2.45) is 12.0 Å². The Kier molecular flexibility index (Phi) is 6.38. The normalized spacial score (nSPS) is 20.7. The third kappa shape index (κ3) is 4.27. The number of imidazole rings is 1. The lowest BCUT2D eigenvalue weighted by atomic mass is 10.1. The van der Waals surface area contributed by atoms with E-state index in [9.17, 15) is 22.0 Å². The van der Waals surface area contributed by atoms with E-state index >= 15 is 4.39 Å². The van der Waals surface area contributed by atoms with Gasteiger partial charge in [0.05, 0.1) is 34.8 Å². The molecule has 4 aromatic carbocycles. The van der Waals surface area contributed by atoms with E-state index in [0.717, 1.165) is 21.3 Å². The minimum Gasteiger partial charge on any atom is -0.458 e. The summed E-state index contributed by atoms with van der Waals surface area (Å²) in [5.41, 5.74) is 3.01. The summed E-state index contributed by atoms with van der Waals surface area (Å²) in [6, 6.07) is 26.2. The molecule has 0 unspecified atom stereocenters. The minimum absolute atomic E-state index is 0.150. The highest BCUT2D eigenvalue weighted by Gasteiger charge is 2.30. The second kappa shape index (κ2) is 10.3. The van der Waals surface area contributed by atoms with Crippen LogP contribution in [0.25, 0.3) is 38.5 Å². The number of benzene rings is 4. The highest BCUT2D eigenvalue weighted by molar-refractivity contribution is 6.17. The molecular formula is C33H18F6N4O. The topological polar surface area (TPSA) is 35.3 Å². The molecule has 3 heterocycles. The third-order valence-electron chi connectivity index (χ3n) is 7.25. The van der Waals surface area contributed by atoms with Gasteiger partial charge in [-0.1, -0.05) is 54.6 Å². The molecule has 0 saturated carbocycles. The summed E-state index contributed by atoms with van der Waals surface area (Å²) in [7, 11) is 1.88. The lowest BCUT2D eigenvalue weighted by molar-refractivity contribution is -0.572. The molecular weight excluding hydrogens is 582 g/mol. The second-order valence-corrected chi connectivity index (χ2v) is 9.91. The van der Waals surface area contributed by atoms with E-state index in [1.54, 1.807) is 48.5 Å². The Labute approximate surface area is 245 Å². The van der Waals surface area contributed by atoms with Crippen LogP contribution in [0, 0.1) is 6.33 Å². The Morgan fingerprint density at radius 2 is 1.30 bits per heavy atom. The molecule has 0 saturated heterocycles. The van der Waals surface area contributed by atoms with Crippen molar-refractivity contribution in [3.8, 4) is 17.2 Å². The van der Waals surface area contributed by atoms with Crippen LogP contribution in [-0.4, -0.2) is 15.0 Å². The number of ether oxygens (including phenoxy) is 1. The number of aliphatic imine (C=N–C) groups is 1. The van der Waals surface area contributed by atoms with E-state index in [1.807, 2.05) is 46.5 Å². The fourth-order valence-electron chi connectivity index (χ4n) is 5.27. The van der Waals surface area contributed by atoms with Crippen LogP contribution in [0.15, 0.2) is 131 Å². The Hall–Kier alpha value is -5.58. The molecule has 0 amide bonds. The summed E-state index contributed by atoms with van der Waals surface area (Å²) in [6.07, 6.45) is 3.25. The highest BCUT2D eigenvalue weighted by Crippen LogP contribution is 2.38. The van der Waals surface area contributed by atoms with Crippen LogP contribution in [0.5, 0.6) is 11.5 Å². The number of hydrogen-bond donors (Lipinski definition) is 0. The fraction of sp³-hybridized carbons (Fsp3) is 0.0303. The monoisotopic (exact) mass is 600 g/mol. The maximum atomic E-state index is 15.4. The third-order valence-corrected chi connectivity index (χ3v) is 7.25. The Balaban J connectivity index is 1.37. The molecule has 6 aromatic rings. The van der Waals surface area contributed by atoms with Gasteiger partial charge >= 0.3 is 0 Å². The summed E-state index contributed by atoms with van der Waals surface area (Å²) >= 11 is 0. The van der Waals surface area contributed by atoms with Crippen LogP contribution < -0.4 is 9.30 Å². The van der Waals surface area contributed by atoms with Gasteiger partial charge < -0.3 is 13.9 Å². The van der Waals surface area contributed by atoms with Gasteiger partial charge in [-0.2, -0.15) is 18.2 Å². The number of para-hydroxylation sites is 3. The largest absolute Gasteiger partial charge is 0.458 e. The molecule has 0 N–H and O–H groups in total. The molecule has 2 aromatic heterocycles. The van der Waals surface area contributed by atoms with Crippen LogP contribution in [0.3, 0.4) is 0 Å². The van der Waals surface area contributed by atoms with Crippen LogP contribution in [0.1, 0.15) is 0 Å². The van der Waals surface area contributed by atoms with Crippen molar-refractivity contribution in [3.63, 3.8) is 0 Å². The van der Waals surface area contributed by atoms with E-state index in [0.29, 0.717) is 16.5 Å². The molecule has 0 atom stereocenters. The molecule has 1 aliphatic heterocycles. The van der Waals surface area contributed by atoms with Gasteiger partial charge in [-0.25, -0.2) is 13.2 Å². The molecule has 1 aliphatic rings. The Bertz CT molecular complexity index is 2290. The van der Waals surface area contributed by atoms with E-state index in [1.165, 1.54) is 12.1 Å². The van der Waals surface area contributed by atoms with Crippen molar-refractivity contribution >= 4 is 38.7 Å². The molecule has 0 spiro atoms. The van der Waals surface area contributed by atoms with Crippen molar-refractivity contribution in [2.75, 3.05) is 0 Å². The zero-order chi connectivity index (χ0) is 30.7. The molecule has 218 valence electrons. The Morgan fingerprint density at radius 3 is 2.11 bits per heavy atom. The van der Waals surface area contributed by atoms with Gasteiger partial charge in [-0.15, -0.1) is 0 Å². The van der Waals surface area contributed by atoms with Crippen LogP contribution in [0.4, 0.5) is 26.3 Å². The number of fused-ring (bicyclic) bond motifs is 4. The van der Waals surface area contributed by atoms with Gasteiger partial charge in [0, 0.05) is 16.8 Å². The van der Waals surface area contributed by atoms with E-state index in [2.05, 4.69) is 11.3 Å². The number of rotatable bonds is 3. The molecule has 7 rings (SSSR count). The van der Waals surface area contributed by atoms with Crippen molar-refractivity contribution < 1.29 is 35.6 Å². The van der Waals surface area contributed by atoms with Crippen LogP contribution in [-0.2, 0) is 7.05 Å². The number of aromatic nitrogens is 3. The molecule has 5 nitrogen and oxygen atoms in total. The number of aryl methyl sites for hydroxylation is 1. The average Bonchev–Trinajstić information content (AvgIpc) is 3.56. The highest BCUT2D eigenvalue weighted by atomic mass is 19.2. The summed E-state index contributed by atoms with van der Waals surface area (Å²) in [6.45, 7) is 0. The average molecular weight is 601 g/mol. The molecule has 0 bridgehead atoms. The van der Waals surface area contributed by atoms with E-state index in [-0.39, 0.29) is 16.8 Å². The second-order valence-electron chi connectivity index (χ2n) is 9.91. The molecule has 44 heavy (non-hydrogen) atoms. The Morgan fingerprint density at radius 1 is 0.636 bits per heavy atom. The van der Waals surface area contributed by atoms with Gasteiger partial charge in [0.25, 0.3) is 5.95 Å². The predicted molar refractivity (Wildman–Crippen MR) is 153 cm³/mol. The van der Waals surface area contributed by atoms with Gasteiger partial charge in [0.1, 0.15) is 11.5 Å². The summed E-state index contributed by atoms with van der Waals surface area (Å²) in [5, 5.41) is 1.01. The van der Waals surface area contributed by atoms with E-state index < -0.39 is 40.9 Å². The predicted octanol–water partition coefficient (Wildman–Crippen LogP) is 8.82. The van der Waals surface area contributed by atoms with Crippen molar-refractivity contribution in [2.45, 2.75) is 0 Å². The number of nitrogens with zero attached hydrogens (tertiary/aromatic N) is 4. The minimum atomic E-state index is -2.53. The summed E-state index contributed by atoms with van der Waals surface area (Å²) in [5.74, 6) is -14.4. The first-order valence-electron chi connectivity index (χ1n) is 13.2. The fourth-order valence-corrected chi connectivity index (χ4v) is 5.27. The van der Waals surface area contributed by atoms with Gasteiger partial charge in [-0.3, -0.25) is 4.57 Å². The first-order valence-corrected chi connectivity index (χ1v) is 13.2. The van der Waals surface area contributed by atoms with Gasteiger partial charge in [0.2, 0.25) is 35.5 Å². The first kappa shape index (κ1) is 27.3. The number of allylic oxidation sites excluding steroid dienone is 5. The maximum Gasteiger partial charge on any atom is 0.254 e. The van der Waals surface area contributed by atoms with Crippen LogP contribution >= 0.6 is 0 Å². The summed E-state index contributed by atoms with van der Waals surface area (Å²) in [4.78, 5) is 3.22. The SMILES string of the molecule is Cn1[c-][n+](-c2cccc(Oc3ccc4c5ccccc5n(C5=N/C(F)=C(F)\C(F)=C(F)/C(F)=C\5F)c4c3)c2)c2ccccc21. The van der Waals surface area contributed by atoms with Gasteiger partial charge in [0.15, 0.2) is 5.84 Å². The number of halogens is 6. The maximum absolute atomic E-state index is 15.4. The lowest BCUT2D eigenvalue weighted by Gasteiger charge is -2.13. The zero-order valence-electron chi connectivity index (χ0n) is 22.6. The van der Waals surface area contributed by atoms with Gasteiger partial charge in [-0.05, 0) is 30.3 Å². The standard InChI is InChI=1S/C33H18F6N4O/c1-41-17-42(25-12-5-4-11-24(25)41)18-7-6-8-19(15-18)44-20-13-14-22-21-9-2-3-10-23(21)43(26(22)16-20)33-31(38)29(36)27(34)28(35)30(37)32(39)40-33/h2-16H,1H3/b28-27-,29-27?,30-28?,31-29-,32-30+,33-31?,40-32?,40-33+. The molecule has 0 radical (unpaired) electrons. The van der Waals surface area contributed by atoms with Crippen molar-refractivity contribution in [3.05, 3.63) is 132 Å². The van der Waals surface area contributed by atoms with Crippen molar-refractivity contribution in [1.82, 2.24) is 9.13 Å². The van der Waals surface area contributed by atoms with Crippen LogP contribution in [0.2, 0.25) is 0 Å². The van der Waals surface area contributed by atoms with E-state index in [4.69, 9.17) is 4.74 Å². The number of hydrogen-bond acceptors (Lipinski definition) is 2. The summed E-state index contributed by atoms with van der Waals surface area (Å²) < 4.78 is 97.6. The molecule has 0 aliphatic carbocycles.